The van der Waals surface area contributed by atoms with Crippen molar-refractivity contribution in [2.75, 3.05) is 20.1 Å². The molecule has 4 rings (SSSR count). The van der Waals surface area contributed by atoms with Gasteiger partial charge in [0.1, 0.15) is 0 Å². The Hall–Kier alpha value is -2.05. The quantitative estimate of drug-likeness (QED) is 0.462. The number of para-hydroxylation sites is 1. The number of carbonyl (C=O) groups is 1. The van der Waals surface area contributed by atoms with Crippen molar-refractivity contribution in [3.63, 3.8) is 0 Å². The van der Waals surface area contributed by atoms with E-state index >= 15 is 0 Å². The highest BCUT2D eigenvalue weighted by Crippen LogP contribution is 2.29. The molecule has 1 aliphatic heterocycles. The second kappa shape index (κ2) is 10.5. The third kappa shape index (κ3) is 5.55. The number of aliphatic hydroxyl groups is 1. The number of aliphatic hydroxyl groups excluding tert-OH is 1. The molecule has 1 aliphatic rings. The minimum absolute atomic E-state index is 0.0381. The Labute approximate surface area is 205 Å². The van der Waals surface area contributed by atoms with E-state index in [0.29, 0.717) is 29.7 Å². The van der Waals surface area contributed by atoms with Gasteiger partial charge in [-0.25, -0.2) is 0 Å². The smallest absolute Gasteiger partial charge is 0.229 e. The first kappa shape index (κ1) is 24.1. The number of benzene rings is 2. The van der Waals surface area contributed by atoms with Crippen molar-refractivity contribution in [2.24, 2.45) is 5.92 Å². The molecule has 0 aliphatic carbocycles. The summed E-state index contributed by atoms with van der Waals surface area (Å²) >= 11 is 12.3. The highest BCUT2D eigenvalue weighted by atomic mass is 35.5. The standard InChI is InChI=1S/C26H31Cl2N3O2/c1-17(32)25-24(30(2)16-18-12-20(27)14-21(28)13-18)9-11-31(26(25)33)10-5-6-19-15-29-23-8-4-3-7-22(19)23/h3-4,7-8,12-15,17,24-25,29,32H,5-6,9-11,16H2,1-2H3. The Kier molecular flexibility index (Phi) is 7.65. The van der Waals surface area contributed by atoms with Crippen LogP contribution in [0, 0.1) is 5.92 Å². The zero-order valence-corrected chi connectivity index (χ0v) is 20.6. The van der Waals surface area contributed by atoms with Gasteiger partial charge < -0.3 is 15.0 Å². The molecule has 1 aromatic heterocycles. The molecule has 0 bridgehead atoms. The fourth-order valence-electron chi connectivity index (χ4n) is 5.10. The molecule has 7 heteroatoms. The molecule has 2 aromatic carbocycles. The SMILES string of the molecule is CC(O)C1C(=O)N(CCCc2c[nH]c3ccccc23)CCC1N(C)Cc1cc(Cl)cc(Cl)c1. The predicted octanol–water partition coefficient (Wildman–Crippen LogP) is 5.14. The van der Waals surface area contributed by atoms with E-state index in [0.717, 1.165) is 30.3 Å². The zero-order valence-electron chi connectivity index (χ0n) is 19.1. The minimum atomic E-state index is -0.718. The maximum atomic E-state index is 13.3. The van der Waals surface area contributed by atoms with Crippen LogP contribution >= 0.6 is 23.2 Å². The topological polar surface area (TPSA) is 59.6 Å². The summed E-state index contributed by atoms with van der Waals surface area (Å²) in [6, 6.07) is 13.7. The number of fused-ring (bicyclic) bond motifs is 1. The van der Waals surface area contributed by atoms with Gasteiger partial charge >= 0.3 is 0 Å². The number of aromatic amines is 1. The van der Waals surface area contributed by atoms with Crippen LogP contribution in [0.1, 0.15) is 30.9 Å². The summed E-state index contributed by atoms with van der Waals surface area (Å²) in [5.74, 6) is -0.414. The number of piperidine rings is 1. The molecule has 0 radical (unpaired) electrons. The van der Waals surface area contributed by atoms with Crippen LogP contribution in [-0.4, -0.2) is 58.1 Å². The molecule has 1 fully saturated rings. The normalized spacial score (nSPS) is 20.1. The second-order valence-electron chi connectivity index (χ2n) is 9.10. The van der Waals surface area contributed by atoms with E-state index in [4.69, 9.17) is 23.2 Å². The van der Waals surface area contributed by atoms with Gasteiger partial charge in [0.15, 0.2) is 0 Å². The van der Waals surface area contributed by atoms with Crippen LogP contribution in [-0.2, 0) is 17.8 Å². The van der Waals surface area contributed by atoms with Gasteiger partial charge in [-0.05, 0) is 68.6 Å². The van der Waals surface area contributed by atoms with Gasteiger partial charge in [0.2, 0.25) is 5.91 Å². The van der Waals surface area contributed by atoms with Crippen LogP contribution in [0.3, 0.4) is 0 Å². The maximum Gasteiger partial charge on any atom is 0.229 e. The monoisotopic (exact) mass is 487 g/mol. The van der Waals surface area contributed by atoms with E-state index in [2.05, 4.69) is 34.3 Å². The molecule has 33 heavy (non-hydrogen) atoms. The first-order valence-electron chi connectivity index (χ1n) is 11.5. The third-order valence-corrected chi connectivity index (χ3v) is 7.13. The van der Waals surface area contributed by atoms with Crippen molar-refractivity contribution < 1.29 is 9.90 Å². The molecule has 0 saturated carbocycles. The van der Waals surface area contributed by atoms with Crippen LogP contribution < -0.4 is 0 Å². The molecule has 3 unspecified atom stereocenters. The molecule has 1 saturated heterocycles. The Morgan fingerprint density at radius 1 is 1.21 bits per heavy atom. The lowest BCUT2D eigenvalue weighted by molar-refractivity contribution is -0.147. The first-order chi connectivity index (χ1) is 15.8. The summed E-state index contributed by atoms with van der Waals surface area (Å²) in [5, 5.41) is 12.9. The molecule has 3 aromatic rings. The Bertz CT molecular complexity index is 1090. The Morgan fingerprint density at radius 2 is 1.94 bits per heavy atom. The lowest BCUT2D eigenvalue weighted by Crippen LogP contribution is -2.56. The van der Waals surface area contributed by atoms with E-state index in [1.165, 1.54) is 10.9 Å². The average molecular weight is 488 g/mol. The number of nitrogens with one attached hydrogen (secondary N) is 1. The first-order valence-corrected chi connectivity index (χ1v) is 12.3. The van der Waals surface area contributed by atoms with Crippen molar-refractivity contribution in [2.45, 2.75) is 44.9 Å². The third-order valence-electron chi connectivity index (χ3n) is 6.70. The number of carbonyl (C=O) groups excluding carboxylic acids is 1. The van der Waals surface area contributed by atoms with Gasteiger partial charge in [-0.2, -0.15) is 0 Å². The number of likely N-dealkylation sites (tertiary alicyclic amines) is 1. The van der Waals surface area contributed by atoms with Crippen LogP contribution in [0.4, 0.5) is 0 Å². The molecule has 0 spiro atoms. The molecule has 176 valence electrons. The predicted molar refractivity (Wildman–Crippen MR) is 135 cm³/mol. The van der Waals surface area contributed by atoms with Crippen LogP contribution in [0.25, 0.3) is 10.9 Å². The van der Waals surface area contributed by atoms with E-state index < -0.39 is 12.0 Å². The number of H-pyrrole nitrogens is 1. The highest BCUT2D eigenvalue weighted by molar-refractivity contribution is 6.34. The number of rotatable bonds is 8. The van der Waals surface area contributed by atoms with Gasteiger partial charge in [0, 0.05) is 52.8 Å². The largest absolute Gasteiger partial charge is 0.393 e. The highest BCUT2D eigenvalue weighted by Gasteiger charge is 2.41. The van der Waals surface area contributed by atoms with Crippen molar-refractivity contribution >= 4 is 40.0 Å². The van der Waals surface area contributed by atoms with Crippen molar-refractivity contribution in [1.82, 2.24) is 14.8 Å². The number of hydrogen-bond donors (Lipinski definition) is 2. The number of amides is 1. The lowest BCUT2D eigenvalue weighted by Gasteiger charge is -2.43. The van der Waals surface area contributed by atoms with Gasteiger partial charge in [-0.3, -0.25) is 9.69 Å². The van der Waals surface area contributed by atoms with Crippen molar-refractivity contribution in [3.8, 4) is 0 Å². The minimum Gasteiger partial charge on any atom is -0.393 e. The maximum absolute atomic E-state index is 13.3. The lowest BCUT2D eigenvalue weighted by atomic mass is 9.85. The number of aryl methyl sites for hydroxylation is 1. The van der Waals surface area contributed by atoms with E-state index in [9.17, 15) is 9.90 Å². The second-order valence-corrected chi connectivity index (χ2v) is 9.98. The fraction of sp³-hybridized carbons (Fsp3) is 0.423. The summed E-state index contributed by atoms with van der Waals surface area (Å²) in [7, 11) is 1.99. The molecule has 5 nitrogen and oxygen atoms in total. The number of nitrogens with zero attached hydrogens (tertiary/aromatic N) is 2. The molecule has 2 N–H and O–H groups in total. The molecular weight excluding hydrogens is 457 g/mol. The van der Waals surface area contributed by atoms with Crippen molar-refractivity contribution in [3.05, 3.63) is 69.8 Å². The van der Waals surface area contributed by atoms with Crippen molar-refractivity contribution in [1.29, 1.82) is 0 Å². The molecule has 3 atom stereocenters. The summed E-state index contributed by atoms with van der Waals surface area (Å²) in [6.45, 7) is 3.72. The summed E-state index contributed by atoms with van der Waals surface area (Å²) in [6.07, 6.45) is 3.96. The number of halogens is 2. The Balaban J connectivity index is 1.38. The van der Waals surface area contributed by atoms with Crippen LogP contribution in [0.15, 0.2) is 48.7 Å². The van der Waals surface area contributed by atoms with Gasteiger partial charge in [0.25, 0.3) is 0 Å². The van der Waals surface area contributed by atoms with Gasteiger partial charge in [-0.1, -0.05) is 41.4 Å². The molecule has 2 heterocycles. The van der Waals surface area contributed by atoms with Crippen LogP contribution in [0.5, 0.6) is 0 Å². The van der Waals surface area contributed by atoms with Gasteiger partial charge in [-0.15, -0.1) is 0 Å². The zero-order chi connectivity index (χ0) is 23.5. The summed E-state index contributed by atoms with van der Waals surface area (Å²) in [4.78, 5) is 20.7. The van der Waals surface area contributed by atoms with E-state index in [1.807, 2.05) is 30.1 Å². The number of hydrogen-bond acceptors (Lipinski definition) is 3. The summed E-state index contributed by atoms with van der Waals surface area (Å²) in [5.41, 5.74) is 3.41. The number of aromatic nitrogens is 1. The average Bonchev–Trinajstić information content (AvgIpc) is 3.16. The van der Waals surface area contributed by atoms with Gasteiger partial charge in [0.05, 0.1) is 12.0 Å². The Morgan fingerprint density at radius 3 is 2.67 bits per heavy atom. The molecule has 1 amide bonds. The summed E-state index contributed by atoms with van der Waals surface area (Å²) < 4.78 is 0. The van der Waals surface area contributed by atoms with E-state index in [1.54, 1.807) is 13.0 Å². The fourth-order valence-corrected chi connectivity index (χ4v) is 5.68. The van der Waals surface area contributed by atoms with E-state index in [-0.39, 0.29) is 11.9 Å². The molecular formula is C26H31Cl2N3O2. The van der Waals surface area contributed by atoms with Crippen LogP contribution in [0.2, 0.25) is 10.0 Å².